The fraction of sp³-hybridized carbons (Fsp3) is 0.286. The predicted molar refractivity (Wildman–Crippen MR) is 74.4 cm³/mol. The van der Waals surface area contributed by atoms with Crippen LogP contribution in [0.3, 0.4) is 0 Å². The van der Waals surface area contributed by atoms with E-state index in [0.717, 1.165) is 0 Å². The number of carbonyl (C=O) groups excluding carboxylic acids is 1. The number of aromatic carboxylic acids is 1. The first-order valence-corrected chi connectivity index (χ1v) is 6.29. The van der Waals surface area contributed by atoms with Crippen molar-refractivity contribution in [3.63, 3.8) is 0 Å². The van der Waals surface area contributed by atoms with Crippen molar-refractivity contribution in [3.8, 4) is 0 Å². The molecule has 1 aromatic rings. The molecule has 0 aliphatic carbocycles. The average molecular weight is 298 g/mol. The van der Waals surface area contributed by atoms with Crippen molar-refractivity contribution in [2.75, 3.05) is 18.4 Å². The molecule has 0 bridgehead atoms. The van der Waals surface area contributed by atoms with E-state index < -0.39 is 29.2 Å². The third-order valence-electron chi connectivity index (χ3n) is 2.66. The zero-order valence-corrected chi connectivity index (χ0v) is 11.5. The maximum Gasteiger partial charge on any atom is 0.337 e. The van der Waals surface area contributed by atoms with Crippen molar-refractivity contribution in [2.24, 2.45) is 0 Å². The molecular formula is C14H16F2N2O3. The molecule has 0 radical (unpaired) electrons. The molecule has 0 heterocycles. The molecule has 0 spiro atoms. The lowest BCUT2D eigenvalue weighted by Gasteiger charge is -2.21. The Hall–Kier alpha value is -2.44. The van der Waals surface area contributed by atoms with Gasteiger partial charge in [0.2, 0.25) is 0 Å². The first-order chi connectivity index (χ1) is 9.90. The number of urea groups is 1. The number of hydrogen-bond donors (Lipinski definition) is 2. The Morgan fingerprint density at radius 2 is 2.00 bits per heavy atom. The van der Waals surface area contributed by atoms with E-state index in [0.29, 0.717) is 25.1 Å². The maximum atomic E-state index is 13.2. The summed E-state index contributed by atoms with van der Waals surface area (Å²) in [5.41, 5.74) is -0.811. The second-order valence-corrected chi connectivity index (χ2v) is 4.28. The normalized spacial score (nSPS) is 10.0. The third kappa shape index (κ3) is 4.27. The number of amides is 2. The Kier molecular flexibility index (Phi) is 5.83. The van der Waals surface area contributed by atoms with Gasteiger partial charge in [0, 0.05) is 19.2 Å². The van der Waals surface area contributed by atoms with Crippen molar-refractivity contribution in [1.82, 2.24) is 4.90 Å². The highest BCUT2D eigenvalue weighted by Gasteiger charge is 2.19. The summed E-state index contributed by atoms with van der Waals surface area (Å²) in [7, 11) is 0. The number of hydrogen-bond acceptors (Lipinski definition) is 2. The van der Waals surface area contributed by atoms with Crippen molar-refractivity contribution < 1.29 is 23.5 Å². The number of carboxylic acid groups (broad SMARTS) is 1. The summed E-state index contributed by atoms with van der Waals surface area (Å²) in [5, 5.41) is 11.3. The summed E-state index contributed by atoms with van der Waals surface area (Å²) >= 11 is 0. The summed E-state index contributed by atoms with van der Waals surface area (Å²) < 4.78 is 26.3. The molecule has 0 fully saturated rings. The molecule has 114 valence electrons. The van der Waals surface area contributed by atoms with Crippen LogP contribution >= 0.6 is 0 Å². The SMILES string of the molecule is C=CCN(CCC)C(=O)Nc1cc(F)c(F)cc1C(=O)O. The van der Waals surface area contributed by atoms with Crippen molar-refractivity contribution in [3.05, 3.63) is 42.0 Å². The van der Waals surface area contributed by atoms with E-state index in [4.69, 9.17) is 5.11 Å². The molecule has 0 aliphatic rings. The highest BCUT2D eigenvalue weighted by atomic mass is 19.2. The van der Waals surface area contributed by atoms with Gasteiger partial charge in [-0.05, 0) is 12.5 Å². The van der Waals surface area contributed by atoms with Crippen molar-refractivity contribution >= 4 is 17.7 Å². The molecule has 1 aromatic carbocycles. The van der Waals surface area contributed by atoms with Crippen LogP contribution in [0.25, 0.3) is 0 Å². The number of nitrogens with zero attached hydrogens (tertiary/aromatic N) is 1. The number of rotatable bonds is 6. The van der Waals surface area contributed by atoms with Gasteiger partial charge in [-0.1, -0.05) is 13.0 Å². The number of nitrogens with one attached hydrogen (secondary N) is 1. The smallest absolute Gasteiger partial charge is 0.337 e. The van der Waals surface area contributed by atoms with E-state index in [-0.39, 0.29) is 12.2 Å². The van der Waals surface area contributed by atoms with E-state index in [1.54, 1.807) is 0 Å². The second-order valence-electron chi connectivity index (χ2n) is 4.28. The monoisotopic (exact) mass is 298 g/mol. The van der Waals surface area contributed by atoms with Gasteiger partial charge in [0.1, 0.15) is 0 Å². The molecule has 2 amide bonds. The van der Waals surface area contributed by atoms with Crippen LogP contribution in [-0.2, 0) is 0 Å². The number of carbonyl (C=O) groups is 2. The Morgan fingerprint density at radius 1 is 1.38 bits per heavy atom. The highest BCUT2D eigenvalue weighted by molar-refractivity contribution is 6.00. The van der Waals surface area contributed by atoms with Crippen LogP contribution in [0.5, 0.6) is 0 Å². The van der Waals surface area contributed by atoms with Crippen LogP contribution in [0.15, 0.2) is 24.8 Å². The molecule has 2 N–H and O–H groups in total. The number of anilines is 1. The Balaban J connectivity index is 3.05. The van der Waals surface area contributed by atoms with Gasteiger partial charge in [0.15, 0.2) is 11.6 Å². The van der Waals surface area contributed by atoms with Gasteiger partial charge in [-0.2, -0.15) is 0 Å². The quantitative estimate of drug-likeness (QED) is 0.793. The standard InChI is InChI=1S/C14H16F2N2O3/c1-3-5-18(6-4-2)14(21)17-12-8-11(16)10(15)7-9(12)13(19)20/h3,7-8H,1,4-6H2,2H3,(H,17,21)(H,19,20). The van der Waals surface area contributed by atoms with Crippen LogP contribution in [0.1, 0.15) is 23.7 Å². The van der Waals surface area contributed by atoms with Crippen LogP contribution in [-0.4, -0.2) is 35.1 Å². The number of benzene rings is 1. The summed E-state index contributed by atoms with van der Waals surface area (Å²) in [6, 6.07) is 0.574. The molecule has 0 aliphatic heterocycles. The third-order valence-corrected chi connectivity index (χ3v) is 2.66. The van der Waals surface area contributed by atoms with E-state index in [1.807, 2.05) is 6.92 Å². The number of carboxylic acids is 1. The van der Waals surface area contributed by atoms with Crippen molar-refractivity contribution in [2.45, 2.75) is 13.3 Å². The Morgan fingerprint density at radius 3 is 2.52 bits per heavy atom. The van der Waals surface area contributed by atoms with Gasteiger partial charge in [-0.15, -0.1) is 6.58 Å². The van der Waals surface area contributed by atoms with Gasteiger partial charge in [0.05, 0.1) is 11.3 Å². The summed E-state index contributed by atoms with van der Waals surface area (Å²) in [4.78, 5) is 24.4. The minimum atomic E-state index is -1.46. The van der Waals surface area contributed by atoms with E-state index >= 15 is 0 Å². The molecule has 0 saturated heterocycles. The minimum absolute atomic E-state index is 0.256. The zero-order chi connectivity index (χ0) is 16.0. The Labute approximate surface area is 120 Å². The molecule has 21 heavy (non-hydrogen) atoms. The van der Waals surface area contributed by atoms with Gasteiger partial charge in [-0.25, -0.2) is 18.4 Å². The lowest BCUT2D eigenvalue weighted by Crippen LogP contribution is -2.36. The summed E-state index contributed by atoms with van der Waals surface area (Å²) in [6.45, 7) is 6.06. The summed E-state index contributed by atoms with van der Waals surface area (Å²) in [6.07, 6.45) is 2.20. The van der Waals surface area contributed by atoms with Crippen LogP contribution in [0, 0.1) is 11.6 Å². The van der Waals surface area contributed by atoms with Crippen molar-refractivity contribution in [1.29, 1.82) is 0 Å². The first kappa shape index (κ1) is 16.6. The zero-order valence-electron chi connectivity index (χ0n) is 11.5. The largest absolute Gasteiger partial charge is 0.478 e. The molecular weight excluding hydrogens is 282 g/mol. The predicted octanol–water partition coefficient (Wildman–Crippen LogP) is 3.09. The molecule has 0 atom stereocenters. The maximum absolute atomic E-state index is 13.2. The molecule has 0 aromatic heterocycles. The van der Waals surface area contributed by atoms with Crippen LogP contribution < -0.4 is 5.32 Å². The van der Waals surface area contributed by atoms with Gasteiger partial charge in [0.25, 0.3) is 0 Å². The Bertz CT molecular complexity index is 561. The topological polar surface area (TPSA) is 69.6 Å². The second kappa shape index (κ2) is 7.37. The van der Waals surface area contributed by atoms with E-state index in [9.17, 15) is 18.4 Å². The number of halogens is 2. The fourth-order valence-corrected chi connectivity index (χ4v) is 1.72. The minimum Gasteiger partial charge on any atom is -0.478 e. The van der Waals surface area contributed by atoms with E-state index in [2.05, 4.69) is 11.9 Å². The van der Waals surface area contributed by atoms with Crippen LogP contribution in [0.2, 0.25) is 0 Å². The molecule has 7 heteroatoms. The summed E-state index contributed by atoms with van der Waals surface area (Å²) in [5.74, 6) is -3.99. The highest BCUT2D eigenvalue weighted by Crippen LogP contribution is 2.20. The van der Waals surface area contributed by atoms with Gasteiger partial charge in [-0.3, -0.25) is 0 Å². The van der Waals surface area contributed by atoms with E-state index in [1.165, 1.54) is 11.0 Å². The average Bonchev–Trinajstić information content (AvgIpc) is 2.42. The first-order valence-electron chi connectivity index (χ1n) is 6.29. The fourth-order valence-electron chi connectivity index (χ4n) is 1.72. The van der Waals surface area contributed by atoms with Gasteiger partial charge >= 0.3 is 12.0 Å². The molecule has 0 saturated carbocycles. The lowest BCUT2D eigenvalue weighted by molar-refractivity contribution is 0.0697. The lowest BCUT2D eigenvalue weighted by atomic mass is 10.1. The molecule has 5 nitrogen and oxygen atoms in total. The molecule has 1 rings (SSSR count). The molecule has 0 unspecified atom stereocenters. The van der Waals surface area contributed by atoms with Gasteiger partial charge < -0.3 is 15.3 Å². The van der Waals surface area contributed by atoms with Crippen LogP contribution in [0.4, 0.5) is 19.3 Å².